The minimum absolute atomic E-state index is 0.00277. The summed E-state index contributed by atoms with van der Waals surface area (Å²) in [4.78, 5) is 25.3. The van der Waals surface area contributed by atoms with E-state index in [9.17, 15) is 18.0 Å². The highest BCUT2D eigenvalue weighted by Gasteiger charge is 2.31. The molecule has 1 amide bonds. The number of rotatable bonds is 3. The van der Waals surface area contributed by atoms with Crippen molar-refractivity contribution in [2.75, 3.05) is 11.1 Å². The van der Waals surface area contributed by atoms with E-state index in [1.54, 1.807) is 38.2 Å². The SMILES string of the molecule is Cc1cn(-c2cc(NC(=O)c3ccc(C)c(C#Cc4cnc(N)c(C)n4)c3)cc(C(F)(F)F)c2)cn1. The van der Waals surface area contributed by atoms with Crippen molar-refractivity contribution in [3.63, 3.8) is 0 Å². The van der Waals surface area contributed by atoms with E-state index in [0.29, 0.717) is 28.5 Å². The molecule has 0 unspecified atom stereocenters. The Hall–Kier alpha value is -4.65. The summed E-state index contributed by atoms with van der Waals surface area (Å²) in [5.41, 5.74) is 8.24. The van der Waals surface area contributed by atoms with Crippen molar-refractivity contribution < 1.29 is 18.0 Å². The fourth-order valence-corrected chi connectivity index (χ4v) is 3.34. The van der Waals surface area contributed by atoms with Crippen LogP contribution in [-0.4, -0.2) is 25.4 Å². The molecule has 0 saturated carbocycles. The Balaban J connectivity index is 1.64. The second-order valence-electron chi connectivity index (χ2n) is 8.15. The number of aryl methyl sites for hydroxylation is 3. The summed E-state index contributed by atoms with van der Waals surface area (Å²) in [6, 6.07) is 8.20. The topological polar surface area (TPSA) is 98.7 Å². The second-order valence-corrected chi connectivity index (χ2v) is 8.15. The Kier molecular flexibility index (Phi) is 6.49. The van der Waals surface area contributed by atoms with Gasteiger partial charge in [-0.05, 0) is 62.6 Å². The smallest absolute Gasteiger partial charge is 0.382 e. The summed E-state index contributed by atoms with van der Waals surface area (Å²) in [6.07, 6.45) is -0.136. The van der Waals surface area contributed by atoms with Crippen LogP contribution in [0, 0.1) is 32.6 Å². The number of hydrogen-bond acceptors (Lipinski definition) is 5. The van der Waals surface area contributed by atoms with Gasteiger partial charge in [0.05, 0.1) is 29.5 Å². The molecule has 2 heterocycles. The van der Waals surface area contributed by atoms with E-state index >= 15 is 0 Å². The molecule has 2 aromatic heterocycles. The molecule has 0 aliphatic rings. The Morgan fingerprint density at radius 2 is 1.83 bits per heavy atom. The minimum atomic E-state index is -4.60. The van der Waals surface area contributed by atoms with E-state index in [2.05, 4.69) is 32.1 Å². The first-order valence-electron chi connectivity index (χ1n) is 10.8. The molecule has 0 aliphatic heterocycles. The molecule has 36 heavy (non-hydrogen) atoms. The number of anilines is 2. The number of nitrogen functional groups attached to an aromatic ring is 1. The van der Waals surface area contributed by atoms with Gasteiger partial charge in [-0.3, -0.25) is 4.79 Å². The number of carbonyl (C=O) groups is 1. The van der Waals surface area contributed by atoms with Gasteiger partial charge in [0.25, 0.3) is 5.91 Å². The summed E-state index contributed by atoms with van der Waals surface area (Å²) >= 11 is 0. The third-order valence-corrected chi connectivity index (χ3v) is 5.32. The van der Waals surface area contributed by atoms with Crippen LogP contribution in [0.25, 0.3) is 5.69 Å². The normalized spacial score (nSPS) is 11.1. The zero-order valence-corrected chi connectivity index (χ0v) is 19.6. The Labute approximate surface area is 205 Å². The predicted octanol–water partition coefficient (Wildman–Crippen LogP) is 4.84. The highest BCUT2D eigenvalue weighted by molar-refractivity contribution is 6.04. The lowest BCUT2D eigenvalue weighted by atomic mass is 10.0. The summed E-state index contributed by atoms with van der Waals surface area (Å²) in [5, 5.41) is 2.56. The van der Waals surface area contributed by atoms with Crippen molar-refractivity contribution in [3.05, 3.63) is 94.5 Å². The first-order valence-corrected chi connectivity index (χ1v) is 10.8. The molecule has 3 N–H and O–H groups in total. The van der Waals surface area contributed by atoms with E-state index in [-0.39, 0.29) is 16.9 Å². The molecule has 0 saturated heterocycles. The van der Waals surface area contributed by atoms with E-state index in [1.807, 2.05) is 6.92 Å². The number of hydrogen-bond donors (Lipinski definition) is 2. The number of halogens is 3. The van der Waals surface area contributed by atoms with E-state index in [1.165, 1.54) is 23.2 Å². The molecule has 0 radical (unpaired) electrons. The minimum Gasteiger partial charge on any atom is -0.382 e. The standard InChI is InChI=1S/C26H21F3N6O/c1-15-4-5-19(8-18(15)6-7-21-12-31-24(30)17(3)33-21)25(36)34-22-9-20(26(27,28)29)10-23(11-22)35-13-16(2)32-14-35/h4-5,8-14H,1-3H3,(H2,30,31)(H,34,36). The van der Waals surface area contributed by atoms with Crippen LogP contribution in [-0.2, 0) is 6.18 Å². The van der Waals surface area contributed by atoms with E-state index < -0.39 is 17.6 Å². The van der Waals surface area contributed by atoms with Crippen molar-refractivity contribution in [1.29, 1.82) is 0 Å². The fourth-order valence-electron chi connectivity index (χ4n) is 3.34. The molecule has 0 atom stereocenters. The molecule has 182 valence electrons. The lowest BCUT2D eigenvalue weighted by Gasteiger charge is -2.14. The number of amides is 1. The maximum Gasteiger partial charge on any atom is 0.416 e. The van der Waals surface area contributed by atoms with Crippen molar-refractivity contribution in [2.24, 2.45) is 0 Å². The average molecular weight is 490 g/mol. The van der Waals surface area contributed by atoms with Gasteiger partial charge in [-0.1, -0.05) is 12.0 Å². The lowest BCUT2D eigenvalue weighted by Crippen LogP contribution is -2.14. The van der Waals surface area contributed by atoms with Crippen molar-refractivity contribution in [1.82, 2.24) is 19.5 Å². The first-order chi connectivity index (χ1) is 17.0. The number of nitrogens with zero attached hydrogens (tertiary/aromatic N) is 4. The lowest BCUT2D eigenvalue weighted by molar-refractivity contribution is -0.137. The summed E-state index contributed by atoms with van der Waals surface area (Å²) in [6.45, 7) is 5.28. The van der Waals surface area contributed by atoms with E-state index in [4.69, 9.17) is 5.73 Å². The molecule has 2 aromatic carbocycles. The Morgan fingerprint density at radius 1 is 1.06 bits per heavy atom. The van der Waals surface area contributed by atoms with Crippen LogP contribution in [0.4, 0.5) is 24.7 Å². The summed E-state index contributed by atoms with van der Waals surface area (Å²) in [7, 11) is 0. The van der Waals surface area contributed by atoms with Gasteiger partial charge in [0.2, 0.25) is 0 Å². The van der Waals surface area contributed by atoms with Crippen LogP contribution in [0.2, 0.25) is 0 Å². The first kappa shape index (κ1) is 24.5. The van der Waals surface area contributed by atoms with Gasteiger partial charge < -0.3 is 15.6 Å². The third-order valence-electron chi connectivity index (χ3n) is 5.32. The molecular formula is C26H21F3N6O. The summed E-state index contributed by atoms with van der Waals surface area (Å²) < 4.78 is 42.0. The molecule has 0 aliphatic carbocycles. The monoisotopic (exact) mass is 490 g/mol. The maximum absolute atomic E-state index is 13.5. The van der Waals surface area contributed by atoms with Gasteiger partial charge >= 0.3 is 6.18 Å². The highest BCUT2D eigenvalue weighted by atomic mass is 19.4. The van der Waals surface area contributed by atoms with Gasteiger partial charge in [-0.25, -0.2) is 15.0 Å². The quantitative estimate of drug-likeness (QED) is 0.401. The third kappa shape index (κ3) is 5.52. The Bertz CT molecular complexity index is 1530. The van der Waals surface area contributed by atoms with Gasteiger partial charge in [0, 0.05) is 28.7 Å². The van der Waals surface area contributed by atoms with Gasteiger partial charge in [0.1, 0.15) is 11.5 Å². The second kappa shape index (κ2) is 9.54. The van der Waals surface area contributed by atoms with Crippen LogP contribution in [0.5, 0.6) is 0 Å². The Morgan fingerprint density at radius 3 is 2.50 bits per heavy atom. The van der Waals surface area contributed by atoms with E-state index in [0.717, 1.165) is 17.7 Å². The molecule has 0 fully saturated rings. The van der Waals surface area contributed by atoms with Gasteiger partial charge in [-0.15, -0.1) is 0 Å². The molecule has 7 nitrogen and oxygen atoms in total. The van der Waals surface area contributed by atoms with Crippen LogP contribution in [0.3, 0.4) is 0 Å². The zero-order valence-electron chi connectivity index (χ0n) is 19.6. The van der Waals surface area contributed by atoms with Gasteiger partial charge in [0.15, 0.2) is 0 Å². The maximum atomic E-state index is 13.5. The largest absolute Gasteiger partial charge is 0.416 e. The van der Waals surface area contributed by atoms with Crippen molar-refractivity contribution in [2.45, 2.75) is 26.9 Å². The van der Waals surface area contributed by atoms with Crippen molar-refractivity contribution in [3.8, 4) is 17.5 Å². The zero-order chi connectivity index (χ0) is 26.0. The fraction of sp³-hybridized carbons (Fsp3) is 0.154. The molecule has 0 bridgehead atoms. The molecule has 4 aromatic rings. The average Bonchev–Trinajstić information content (AvgIpc) is 3.26. The van der Waals surface area contributed by atoms with Crippen LogP contribution in [0.15, 0.2) is 55.1 Å². The molecular weight excluding hydrogens is 469 g/mol. The van der Waals surface area contributed by atoms with Crippen molar-refractivity contribution >= 4 is 17.4 Å². The molecule has 10 heteroatoms. The van der Waals surface area contributed by atoms with Crippen LogP contribution in [0.1, 0.15) is 44.1 Å². The summed E-state index contributed by atoms with van der Waals surface area (Å²) in [5.74, 6) is 5.60. The number of aromatic nitrogens is 4. The number of imidazole rings is 1. The molecule has 0 spiro atoms. The van der Waals surface area contributed by atoms with Crippen LogP contribution < -0.4 is 11.1 Å². The number of alkyl halides is 3. The number of nitrogens with two attached hydrogens (primary N) is 1. The number of nitrogens with one attached hydrogen (secondary N) is 1. The predicted molar refractivity (Wildman–Crippen MR) is 130 cm³/mol. The van der Waals surface area contributed by atoms with Gasteiger partial charge in [-0.2, -0.15) is 13.2 Å². The highest BCUT2D eigenvalue weighted by Crippen LogP contribution is 2.33. The number of carbonyl (C=O) groups excluding carboxylic acids is 1. The molecule has 4 rings (SSSR count). The van der Waals surface area contributed by atoms with Crippen LogP contribution >= 0.6 is 0 Å². The number of benzene rings is 2.